The molecule has 0 radical (unpaired) electrons. The first-order valence-corrected chi connectivity index (χ1v) is 6.44. The third-order valence-electron chi connectivity index (χ3n) is 2.56. The van der Waals surface area contributed by atoms with E-state index < -0.39 is 0 Å². The van der Waals surface area contributed by atoms with E-state index in [-0.39, 0.29) is 0 Å². The lowest BCUT2D eigenvalue weighted by Crippen LogP contribution is -2.27. The van der Waals surface area contributed by atoms with E-state index in [0.717, 1.165) is 26.0 Å². The highest BCUT2D eigenvalue weighted by Crippen LogP contribution is 2.22. The van der Waals surface area contributed by atoms with Crippen molar-refractivity contribution in [2.24, 2.45) is 5.41 Å². The molecule has 0 unspecified atom stereocenters. The third-order valence-corrected chi connectivity index (χ3v) is 2.56. The fraction of sp³-hybridized carbons (Fsp3) is 0.923. The zero-order valence-electron chi connectivity index (χ0n) is 11.1. The molecule has 0 aromatic carbocycles. The molecule has 0 atom stereocenters. The quantitative estimate of drug-likeness (QED) is 0.445. The molecule has 2 N–H and O–H groups in total. The molecule has 0 heterocycles. The Labute approximate surface area is 100 Å². The van der Waals surface area contributed by atoms with Crippen molar-refractivity contribution in [3.63, 3.8) is 0 Å². The zero-order chi connectivity index (χ0) is 12.3. The van der Waals surface area contributed by atoms with Gasteiger partial charge in [0.2, 0.25) is 6.41 Å². The maximum Gasteiger partial charge on any atom is 0.207 e. The number of hydrogen-bond donors (Lipinski definition) is 2. The average molecular weight is 228 g/mol. The highest BCUT2D eigenvalue weighted by atomic mass is 16.1. The number of unbranched alkanes of at least 4 members (excludes halogenated alkanes) is 3. The first kappa shape index (κ1) is 15.4. The molecule has 0 rings (SSSR count). The van der Waals surface area contributed by atoms with Gasteiger partial charge >= 0.3 is 0 Å². The van der Waals surface area contributed by atoms with Crippen LogP contribution in [0.25, 0.3) is 0 Å². The molecule has 0 aliphatic rings. The molecule has 96 valence electrons. The van der Waals surface area contributed by atoms with Gasteiger partial charge in [0.05, 0.1) is 0 Å². The molecule has 0 aliphatic heterocycles. The van der Waals surface area contributed by atoms with Crippen molar-refractivity contribution in [2.75, 3.05) is 19.6 Å². The van der Waals surface area contributed by atoms with E-state index in [1.165, 1.54) is 32.1 Å². The van der Waals surface area contributed by atoms with Crippen molar-refractivity contribution < 1.29 is 4.79 Å². The van der Waals surface area contributed by atoms with Gasteiger partial charge in [-0.25, -0.2) is 0 Å². The van der Waals surface area contributed by atoms with Gasteiger partial charge in [-0.2, -0.15) is 0 Å². The van der Waals surface area contributed by atoms with Crippen molar-refractivity contribution in [3.05, 3.63) is 0 Å². The van der Waals surface area contributed by atoms with Gasteiger partial charge in [0.25, 0.3) is 0 Å². The van der Waals surface area contributed by atoms with E-state index in [0.29, 0.717) is 5.41 Å². The van der Waals surface area contributed by atoms with Crippen LogP contribution in [-0.4, -0.2) is 26.0 Å². The number of nitrogens with one attached hydrogen (secondary N) is 2. The Morgan fingerprint density at radius 2 is 1.62 bits per heavy atom. The highest BCUT2D eigenvalue weighted by molar-refractivity contribution is 5.45. The van der Waals surface area contributed by atoms with Gasteiger partial charge in [-0.1, -0.05) is 40.0 Å². The second-order valence-electron chi connectivity index (χ2n) is 5.55. The van der Waals surface area contributed by atoms with Crippen LogP contribution < -0.4 is 10.6 Å². The Balaban J connectivity index is 3.01. The summed E-state index contributed by atoms with van der Waals surface area (Å²) in [6.45, 7) is 9.57. The topological polar surface area (TPSA) is 41.1 Å². The predicted molar refractivity (Wildman–Crippen MR) is 69.5 cm³/mol. The van der Waals surface area contributed by atoms with E-state index in [4.69, 9.17) is 0 Å². The molecule has 3 heteroatoms. The predicted octanol–water partition coefficient (Wildman–Crippen LogP) is 2.32. The molecule has 0 aromatic rings. The summed E-state index contributed by atoms with van der Waals surface area (Å²) >= 11 is 0. The Kier molecular flexibility index (Phi) is 9.30. The monoisotopic (exact) mass is 228 g/mol. The lowest BCUT2D eigenvalue weighted by molar-refractivity contribution is -0.109. The van der Waals surface area contributed by atoms with E-state index in [9.17, 15) is 4.79 Å². The van der Waals surface area contributed by atoms with Crippen LogP contribution in [0.1, 0.15) is 52.9 Å². The summed E-state index contributed by atoms with van der Waals surface area (Å²) < 4.78 is 0. The normalized spacial score (nSPS) is 11.4. The molecule has 0 saturated carbocycles. The van der Waals surface area contributed by atoms with Gasteiger partial charge in [-0.05, 0) is 24.8 Å². The fourth-order valence-electron chi connectivity index (χ4n) is 1.60. The lowest BCUT2D eigenvalue weighted by atomic mass is 9.89. The minimum atomic E-state index is 0.485. The number of carbonyl (C=O) groups is 1. The summed E-state index contributed by atoms with van der Waals surface area (Å²) in [5.74, 6) is 0. The molecule has 0 aliphatic carbocycles. The van der Waals surface area contributed by atoms with E-state index in [2.05, 4.69) is 31.4 Å². The van der Waals surface area contributed by atoms with Gasteiger partial charge < -0.3 is 10.6 Å². The van der Waals surface area contributed by atoms with Gasteiger partial charge in [0.15, 0.2) is 0 Å². The fourth-order valence-corrected chi connectivity index (χ4v) is 1.60. The Hall–Kier alpha value is -0.570. The smallest absolute Gasteiger partial charge is 0.207 e. The second kappa shape index (κ2) is 9.64. The maximum atomic E-state index is 9.95. The minimum Gasteiger partial charge on any atom is -0.357 e. The molecule has 0 saturated heterocycles. The average Bonchev–Trinajstić information content (AvgIpc) is 2.19. The van der Waals surface area contributed by atoms with Crippen molar-refractivity contribution in [1.29, 1.82) is 0 Å². The van der Waals surface area contributed by atoms with Crippen molar-refractivity contribution in [2.45, 2.75) is 52.9 Å². The van der Waals surface area contributed by atoms with Gasteiger partial charge in [0.1, 0.15) is 0 Å². The number of rotatable bonds is 10. The molecule has 0 bridgehead atoms. The van der Waals surface area contributed by atoms with Crippen LogP contribution in [-0.2, 0) is 4.79 Å². The second-order valence-corrected chi connectivity index (χ2v) is 5.55. The van der Waals surface area contributed by atoms with Crippen LogP contribution >= 0.6 is 0 Å². The van der Waals surface area contributed by atoms with Crippen LogP contribution in [0, 0.1) is 5.41 Å². The summed E-state index contributed by atoms with van der Waals surface area (Å²) in [5.41, 5.74) is 0.485. The van der Waals surface area contributed by atoms with Crippen molar-refractivity contribution >= 4 is 6.41 Å². The molecular weight excluding hydrogens is 200 g/mol. The molecule has 0 fully saturated rings. The number of amides is 1. The SMILES string of the molecule is CC(C)(C)CCCCCCNCCNC=O. The first-order chi connectivity index (χ1) is 7.56. The molecule has 0 aromatic heterocycles. The zero-order valence-corrected chi connectivity index (χ0v) is 11.1. The minimum absolute atomic E-state index is 0.485. The summed E-state index contributed by atoms with van der Waals surface area (Å²) in [6, 6.07) is 0. The highest BCUT2D eigenvalue weighted by Gasteiger charge is 2.08. The van der Waals surface area contributed by atoms with E-state index in [1.807, 2.05) is 0 Å². The van der Waals surface area contributed by atoms with E-state index in [1.54, 1.807) is 0 Å². The first-order valence-electron chi connectivity index (χ1n) is 6.44. The summed E-state index contributed by atoms with van der Waals surface area (Å²) in [7, 11) is 0. The Morgan fingerprint density at radius 1 is 0.938 bits per heavy atom. The molecule has 16 heavy (non-hydrogen) atoms. The van der Waals surface area contributed by atoms with E-state index >= 15 is 0 Å². The van der Waals surface area contributed by atoms with Gasteiger partial charge in [-0.3, -0.25) is 4.79 Å². The maximum absolute atomic E-state index is 9.95. The third kappa shape index (κ3) is 13.4. The van der Waals surface area contributed by atoms with Gasteiger partial charge in [-0.15, -0.1) is 0 Å². The summed E-state index contributed by atoms with van der Waals surface area (Å²) in [4.78, 5) is 9.95. The van der Waals surface area contributed by atoms with Gasteiger partial charge in [0, 0.05) is 13.1 Å². The molecule has 1 amide bonds. The van der Waals surface area contributed by atoms with Crippen LogP contribution in [0.2, 0.25) is 0 Å². The van der Waals surface area contributed by atoms with Crippen LogP contribution in [0.15, 0.2) is 0 Å². The van der Waals surface area contributed by atoms with Crippen molar-refractivity contribution in [3.8, 4) is 0 Å². The largest absolute Gasteiger partial charge is 0.357 e. The molecule has 3 nitrogen and oxygen atoms in total. The number of hydrogen-bond acceptors (Lipinski definition) is 2. The lowest BCUT2D eigenvalue weighted by Gasteiger charge is -2.17. The standard InChI is InChI=1S/C13H28N2O/c1-13(2,3)8-6-4-5-7-9-14-10-11-15-12-16/h12,14H,4-11H2,1-3H3,(H,15,16). The summed E-state index contributed by atoms with van der Waals surface area (Å²) in [6.07, 6.45) is 7.30. The van der Waals surface area contributed by atoms with Crippen LogP contribution in [0.4, 0.5) is 0 Å². The number of carbonyl (C=O) groups excluding carboxylic acids is 1. The summed E-state index contributed by atoms with van der Waals surface area (Å²) in [5, 5.41) is 5.94. The van der Waals surface area contributed by atoms with Crippen LogP contribution in [0.3, 0.4) is 0 Å². The molecular formula is C13H28N2O. The molecule has 0 spiro atoms. The Bertz CT molecular complexity index is 164. The van der Waals surface area contributed by atoms with Crippen molar-refractivity contribution in [1.82, 2.24) is 10.6 Å². The van der Waals surface area contributed by atoms with Crippen LogP contribution in [0.5, 0.6) is 0 Å². The Morgan fingerprint density at radius 3 is 2.25 bits per heavy atom.